The van der Waals surface area contributed by atoms with Crippen LogP contribution in [0.15, 0.2) is 60.7 Å². The van der Waals surface area contributed by atoms with Crippen LogP contribution in [-0.2, 0) is 9.59 Å². The van der Waals surface area contributed by atoms with Crippen molar-refractivity contribution in [1.29, 1.82) is 0 Å². The SMILES string of the molecule is CC(C)(C)C(O)c1cccc(-c2cc(NC(=O)[C@@H]3CNC(=O)C3)nn2-c2ccccc2)c1. The predicted molar refractivity (Wildman–Crippen MR) is 123 cm³/mol. The van der Waals surface area contributed by atoms with Crippen molar-refractivity contribution < 1.29 is 14.7 Å². The Morgan fingerprint density at radius 1 is 1.16 bits per heavy atom. The standard InChI is InChI=1S/C25H28N4O3/c1-25(2,3)23(31)17-9-7-8-16(12-17)20-14-21(27-24(32)18-13-22(30)26-15-18)28-29(20)19-10-5-4-6-11-19/h4-12,14,18,23,31H,13,15H2,1-3H3,(H,26,30)(H,27,28,32)/t18-,23?/m0/s1. The molecule has 2 heterocycles. The molecule has 2 atom stereocenters. The first-order valence-corrected chi connectivity index (χ1v) is 10.7. The van der Waals surface area contributed by atoms with Crippen molar-refractivity contribution in [2.45, 2.75) is 33.3 Å². The molecule has 7 heteroatoms. The largest absolute Gasteiger partial charge is 0.388 e. The first kappa shape index (κ1) is 21.8. The highest BCUT2D eigenvalue weighted by molar-refractivity contribution is 5.97. The summed E-state index contributed by atoms with van der Waals surface area (Å²) in [7, 11) is 0. The van der Waals surface area contributed by atoms with Gasteiger partial charge in [0, 0.05) is 24.6 Å². The van der Waals surface area contributed by atoms with E-state index in [1.165, 1.54) is 0 Å². The van der Waals surface area contributed by atoms with Gasteiger partial charge in [-0.15, -0.1) is 5.10 Å². The molecule has 0 aliphatic carbocycles. The maximum atomic E-state index is 12.6. The number of aromatic nitrogens is 2. The summed E-state index contributed by atoms with van der Waals surface area (Å²) < 4.78 is 1.77. The Morgan fingerprint density at radius 3 is 2.56 bits per heavy atom. The number of nitrogens with one attached hydrogen (secondary N) is 2. The minimum atomic E-state index is -0.623. The van der Waals surface area contributed by atoms with Crippen LogP contribution < -0.4 is 10.6 Å². The summed E-state index contributed by atoms with van der Waals surface area (Å²) >= 11 is 0. The van der Waals surface area contributed by atoms with E-state index in [9.17, 15) is 14.7 Å². The topological polar surface area (TPSA) is 96.2 Å². The summed E-state index contributed by atoms with van der Waals surface area (Å²) in [5, 5.41) is 20.9. The first-order chi connectivity index (χ1) is 15.2. The third kappa shape index (κ3) is 4.57. The zero-order valence-corrected chi connectivity index (χ0v) is 18.5. The quantitative estimate of drug-likeness (QED) is 0.573. The van der Waals surface area contributed by atoms with Crippen LogP contribution in [0.25, 0.3) is 16.9 Å². The fourth-order valence-electron chi connectivity index (χ4n) is 3.80. The molecular weight excluding hydrogens is 404 g/mol. The van der Waals surface area contributed by atoms with E-state index in [2.05, 4.69) is 15.7 Å². The van der Waals surface area contributed by atoms with Gasteiger partial charge in [0.1, 0.15) is 0 Å². The molecule has 3 N–H and O–H groups in total. The minimum absolute atomic E-state index is 0.116. The molecule has 4 rings (SSSR count). The number of hydrogen-bond donors (Lipinski definition) is 3. The van der Waals surface area contributed by atoms with Crippen molar-refractivity contribution in [3.8, 4) is 16.9 Å². The molecule has 2 amide bonds. The van der Waals surface area contributed by atoms with Crippen molar-refractivity contribution in [3.63, 3.8) is 0 Å². The molecule has 1 aliphatic heterocycles. The van der Waals surface area contributed by atoms with Gasteiger partial charge >= 0.3 is 0 Å². The molecule has 7 nitrogen and oxygen atoms in total. The summed E-state index contributed by atoms with van der Waals surface area (Å²) in [6.45, 7) is 6.32. The van der Waals surface area contributed by atoms with Crippen LogP contribution in [0.5, 0.6) is 0 Å². The molecule has 2 aromatic carbocycles. The lowest BCUT2D eigenvalue weighted by molar-refractivity contribution is -0.123. The highest BCUT2D eigenvalue weighted by Gasteiger charge is 2.29. The predicted octanol–water partition coefficient (Wildman–Crippen LogP) is 3.69. The molecule has 1 aromatic heterocycles. The van der Waals surface area contributed by atoms with Gasteiger partial charge in [0.05, 0.1) is 23.4 Å². The van der Waals surface area contributed by atoms with E-state index < -0.39 is 12.0 Å². The van der Waals surface area contributed by atoms with Crippen molar-refractivity contribution in [3.05, 3.63) is 66.2 Å². The van der Waals surface area contributed by atoms with E-state index in [1.807, 2.05) is 81.4 Å². The van der Waals surface area contributed by atoms with E-state index in [0.29, 0.717) is 12.4 Å². The van der Waals surface area contributed by atoms with Gasteiger partial charge in [0.15, 0.2) is 5.82 Å². The Balaban J connectivity index is 1.71. The number of anilines is 1. The Labute approximate surface area is 187 Å². The van der Waals surface area contributed by atoms with Crippen molar-refractivity contribution in [2.75, 3.05) is 11.9 Å². The maximum Gasteiger partial charge on any atom is 0.230 e. The summed E-state index contributed by atoms with van der Waals surface area (Å²) in [5.74, 6) is -0.340. The van der Waals surface area contributed by atoms with Crippen LogP contribution in [0.3, 0.4) is 0 Å². The molecule has 32 heavy (non-hydrogen) atoms. The second-order valence-electron chi connectivity index (χ2n) is 9.25. The van der Waals surface area contributed by atoms with E-state index in [0.717, 1.165) is 22.5 Å². The first-order valence-electron chi connectivity index (χ1n) is 10.7. The number of carbonyl (C=O) groups excluding carboxylic acids is 2. The lowest BCUT2D eigenvalue weighted by Crippen LogP contribution is -2.24. The molecule has 0 saturated carbocycles. The average Bonchev–Trinajstić information content (AvgIpc) is 3.40. The normalized spacial score (nSPS) is 17.1. The fraction of sp³-hybridized carbons (Fsp3) is 0.320. The molecule has 0 bridgehead atoms. The van der Waals surface area contributed by atoms with Gasteiger partial charge in [-0.05, 0) is 29.2 Å². The molecule has 1 saturated heterocycles. The number of benzene rings is 2. The summed E-state index contributed by atoms with van der Waals surface area (Å²) in [4.78, 5) is 24.1. The fourth-order valence-corrected chi connectivity index (χ4v) is 3.80. The smallest absolute Gasteiger partial charge is 0.230 e. The number of aliphatic hydroxyl groups excluding tert-OH is 1. The third-order valence-electron chi connectivity index (χ3n) is 5.63. The van der Waals surface area contributed by atoms with Crippen LogP contribution in [0.4, 0.5) is 5.82 Å². The van der Waals surface area contributed by atoms with Gasteiger partial charge < -0.3 is 15.7 Å². The van der Waals surface area contributed by atoms with Gasteiger partial charge in [0.25, 0.3) is 0 Å². The number of carbonyl (C=O) groups is 2. The van der Waals surface area contributed by atoms with Crippen molar-refractivity contribution in [2.24, 2.45) is 11.3 Å². The van der Waals surface area contributed by atoms with Crippen LogP contribution in [0.1, 0.15) is 38.9 Å². The van der Waals surface area contributed by atoms with E-state index in [1.54, 1.807) is 4.68 Å². The average molecular weight is 433 g/mol. The van der Waals surface area contributed by atoms with Gasteiger partial charge in [-0.3, -0.25) is 9.59 Å². The molecule has 0 spiro atoms. The Hall–Kier alpha value is -3.45. The van der Waals surface area contributed by atoms with Crippen molar-refractivity contribution >= 4 is 17.6 Å². The number of amides is 2. The zero-order chi connectivity index (χ0) is 22.9. The second-order valence-corrected chi connectivity index (χ2v) is 9.25. The van der Waals surface area contributed by atoms with Crippen molar-refractivity contribution in [1.82, 2.24) is 15.1 Å². The number of rotatable bonds is 5. The number of nitrogens with zero attached hydrogens (tertiary/aromatic N) is 2. The molecule has 166 valence electrons. The maximum absolute atomic E-state index is 12.6. The Bertz CT molecular complexity index is 1130. The molecule has 1 unspecified atom stereocenters. The van der Waals surface area contributed by atoms with Gasteiger partial charge in [-0.25, -0.2) is 4.68 Å². The van der Waals surface area contributed by atoms with E-state index in [-0.39, 0.29) is 23.7 Å². The molecule has 1 aliphatic rings. The number of para-hydroxylation sites is 1. The van der Waals surface area contributed by atoms with Crippen LogP contribution in [-0.4, -0.2) is 33.2 Å². The molecule has 1 fully saturated rings. The minimum Gasteiger partial charge on any atom is -0.388 e. The van der Waals surface area contributed by atoms with E-state index >= 15 is 0 Å². The van der Waals surface area contributed by atoms with Gasteiger partial charge in [-0.1, -0.05) is 57.2 Å². The summed E-state index contributed by atoms with van der Waals surface area (Å²) in [5.41, 5.74) is 3.03. The molecule has 3 aromatic rings. The van der Waals surface area contributed by atoms with Crippen LogP contribution in [0.2, 0.25) is 0 Å². The lowest BCUT2D eigenvalue weighted by Gasteiger charge is -2.26. The zero-order valence-electron chi connectivity index (χ0n) is 18.5. The van der Waals surface area contributed by atoms with Crippen LogP contribution >= 0.6 is 0 Å². The molecular formula is C25H28N4O3. The van der Waals surface area contributed by atoms with Gasteiger partial charge in [-0.2, -0.15) is 0 Å². The number of aliphatic hydroxyl groups is 1. The number of hydrogen-bond acceptors (Lipinski definition) is 4. The van der Waals surface area contributed by atoms with E-state index in [4.69, 9.17) is 0 Å². The summed E-state index contributed by atoms with van der Waals surface area (Å²) in [6, 6.07) is 19.2. The van der Waals surface area contributed by atoms with Crippen LogP contribution in [0, 0.1) is 11.3 Å². The van der Waals surface area contributed by atoms with Gasteiger partial charge in [0.2, 0.25) is 11.8 Å². The lowest BCUT2D eigenvalue weighted by atomic mass is 9.84. The third-order valence-corrected chi connectivity index (χ3v) is 5.63. The Kier molecular flexibility index (Phi) is 5.84. The highest BCUT2D eigenvalue weighted by atomic mass is 16.3. The monoisotopic (exact) mass is 432 g/mol. The Morgan fingerprint density at radius 2 is 1.91 bits per heavy atom. The molecule has 0 radical (unpaired) electrons. The second kappa shape index (κ2) is 8.59. The highest BCUT2D eigenvalue weighted by Crippen LogP contribution is 2.35. The summed E-state index contributed by atoms with van der Waals surface area (Å²) in [6.07, 6.45) is -0.438.